The van der Waals surface area contributed by atoms with Gasteiger partial charge in [0.15, 0.2) is 0 Å². The Balaban J connectivity index is 2.03. The van der Waals surface area contributed by atoms with E-state index in [1.807, 2.05) is 18.9 Å². The number of carbonyl (C=O) groups excluding carboxylic acids is 1. The lowest BCUT2D eigenvalue weighted by atomic mass is 9.74. The third-order valence-electron chi connectivity index (χ3n) is 3.99. The topological polar surface area (TPSA) is 46.3 Å². The van der Waals surface area contributed by atoms with Gasteiger partial charge in [0.05, 0.1) is 5.92 Å². The fourth-order valence-corrected chi connectivity index (χ4v) is 2.65. The molecule has 2 saturated carbocycles. The molecule has 2 atom stereocenters. The average Bonchev–Trinajstić information content (AvgIpc) is 2.98. The maximum Gasteiger partial charge on any atom is 0.227 e. The molecule has 2 rings (SSSR count). The molecule has 0 aromatic heterocycles. The maximum atomic E-state index is 12.2. The molecule has 2 unspecified atom stereocenters. The Bertz CT molecular complexity index is 258. The van der Waals surface area contributed by atoms with Crippen molar-refractivity contribution in [2.75, 3.05) is 7.05 Å². The van der Waals surface area contributed by atoms with Crippen molar-refractivity contribution in [3.63, 3.8) is 0 Å². The zero-order valence-electron chi connectivity index (χ0n) is 9.83. The molecule has 0 aliphatic heterocycles. The van der Waals surface area contributed by atoms with E-state index in [0.717, 1.165) is 19.3 Å². The van der Waals surface area contributed by atoms with Gasteiger partial charge in [-0.15, -0.1) is 0 Å². The molecule has 0 saturated heterocycles. The van der Waals surface area contributed by atoms with E-state index in [9.17, 15) is 4.79 Å². The molecular formula is C12H22N2O. The summed E-state index contributed by atoms with van der Waals surface area (Å²) < 4.78 is 0. The van der Waals surface area contributed by atoms with Crippen LogP contribution < -0.4 is 5.73 Å². The van der Waals surface area contributed by atoms with E-state index in [4.69, 9.17) is 5.73 Å². The molecule has 0 aromatic rings. The van der Waals surface area contributed by atoms with Gasteiger partial charge in [0, 0.05) is 18.6 Å². The highest BCUT2D eigenvalue weighted by Gasteiger charge is 2.41. The molecule has 2 aliphatic carbocycles. The Morgan fingerprint density at radius 2 is 2.00 bits per heavy atom. The molecule has 0 bridgehead atoms. The molecular weight excluding hydrogens is 188 g/mol. The summed E-state index contributed by atoms with van der Waals surface area (Å²) in [5.74, 6) is 0.332. The van der Waals surface area contributed by atoms with Crippen LogP contribution in [0.3, 0.4) is 0 Å². The number of hydrogen-bond donors (Lipinski definition) is 1. The first-order chi connectivity index (χ1) is 7.02. The molecule has 0 spiro atoms. The molecule has 3 nitrogen and oxygen atoms in total. The van der Waals surface area contributed by atoms with Crippen LogP contribution in [0.25, 0.3) is 0 Å². The van der Waals surface area contributed by atoms with Crippen molar-refractivity contribution in [2.24, 2.45) is 11.7 Å². The number of nitrogens with zero attached hydrogens (tertiary/aromatic N) is 1. The second kappa shape index (κ2) is 3.78. The zero-order chi connectivity index (χ0) is 11.1. The van der Waals surface area contributed by atoms with E-state index in [1.165, 1.54) is 19.3 Å². The average molecular weight is 210 g/mol. The summed E-state index contributed by atoms with van der Waals surface area (Å²) in [4.78, 5) is 14.2. The minimum absolute atomic E-state index is 0.0526. The molecule has 0 heterocycles. The highest BCUT2D eigenvalue weighted by Crippen LogP contribution is 2.35. The normalized spacial score (nSPS) is 36.3. The molecule has 2 N–H and O–H groups in total. The van der Waals surface area contributed by atoms with E-state index in [1.54, 1.807) is 0 Å². The summed E-state index contributed by atoms with van der Waals surface area (Å²) in [6, 6.07) is 0.509. The van der Waals surface area contributed by atoms with Crippen LogP contribution in [0.1, 0.15) is 45.4 Å². The Morgan fingerprint density at radius 3 is 2.53 bits per heavy atom. The van der Waals surface area contributed by atoms with Crippen molar-refractivity contribution in [2.45, 2.75) is 57.0 Å². The Labute approximate surface area is 92.0 Å². The molecule has 2 aliphatic rings. The lowest BCUT2D eigenvalue weighted by molar-refractivity contribution is -0.138. The fraction of sp³-hybridized carbons (Fsp3) is 0.917. The smallest absolute Gasteiger partial charge is 0.227 e. The molecule has 3 heteroatoms. The predicted molar refractivity (Wildman–Crippen MR) is 60.3 cm³/mol. The van der Waals surface area contributed by atoms with Crippen molar-refractivity contribution in [1.29, 1.82) is 0 Å². The molecule has 0 radical (unpaired) electrons. The zero-order valence-corrected chi connectivity index (χ0v) is 9.83. The van der Waals surface area contributed by atoms with Crippen LogP contribution in [-0.4, -0.2) is 29.4 Å². The summed E-state index contributed by atoms with van der Waals surface area (Å²) >= 11 is 0. The van der Waals surface area contributed by atoms with Crippen molar-refractivity contribution in [1.82, 2.24) is 4.90 Å². The second-order valence-corrected chi connectivity index (χ2v) is 5.48. The van der Waals surface area contributed by atoms with Crippen LogP contribution in [-0.2, 0) is 4.79 Å². The third kappa shape index (κ3) is 2.17. The fourth-order valence-electron chi connectivity index (χ4n) is 2.65. The molecule has 2 fully saturated rings. The van der Waals surface area contributed by atoms with E-state index in [2.05, 4.69) is 0 Å². The van der Waals surface area contributed by atoms with Gasteiger partial charge in [-0.2, -0.15) is 0 Å². The van der Waals surface area contributed by atoms with Crippen LogP contribution in [0.5, 0.6) is 0 Å². The Kier molecular flexibility index (Phi) is 2.75. The van der Waals surface area contributed by atoms with E-state index in [-0.39, 0.29) is 17.4 Å². The van der Waals surface area contributed by atoms with Crippen molar-refractivity contribution < 1.29 is 4.79 Å². The first kappa shape index (κ1) is 10.9. The minimum atomic E-state index is -0.279. The highest BCUT2D eigenvalue weighted by molar-refractivity contribution is 5.80. The number of rotatable bonds is 2. The minimum Gasteiger partial charge on any atom is -0.342 e. The summed E-state index contributed by atoms with van der Waals surface area (Å²) in [5, 5.41) is 0. The first-order valence-corrected chi connectivity index (χ1v) is 6.08. The Morgan fingerprint density at radius 1 is 1.33 bits per heavy atom. The van der Waals surface area contributed by atoms with Gasteiger partial charge in [-0.25, -0.2) is 0 Å². The van der Waals surface area contributed by atoms with Crippen LogP contribution in [0.2, 0.25) is 0 Å². The van der Waals surface area contributed by atoms with Gasteiger partial charge in [-0.05, 0) is 32.6 Å². The largest absolute Gasteiger partial charge is 0.342 e. The number of amides is 1. The number of hydrogen-bond acceptors (Lipinski definition) is 2. The highest BCUT2D eigenvalue weighted by atomic mass is 16.2. The third-order valence-corrected chi connectivity index (χ3v) is 3.99. The van der Waals surface area contributed by atoms with Gasteiger partial charge in [-0.3, -0.25) is 4.79 Å². The van der Waals surface area contributed by atoms with Gasteiger partial charge in [0.25, 0.3) is 0 Å². The summed E-state index contributed by atoms with van der Waals surface area (Å²) in [6.45, 7) is 2.04. The van der Waals surface area contributed by atoms with Crippen molar-refractivity contribution in [3.05, 3.63) is 0 Å². The summed E-state index contributed by atoms with van der Waals surface area (Å²) in [5.41, 5.74) is 5.95. The Hall–Kier alpha value is -0.570. The van der Waals surface area contributed by atoms with Crippen LogP contribution in [0.4, 0.5) is 0 Å². The second-order valence-electron chi connectivity index (χ2n) is 5.48. The molecule has 0 aromatic carbocycles. The lowest BCUT2D eigenvalue weighted by Crippen LogP contribution is -2.53. The van der Waals surface area contributed by atoms with Gasteiger partial charge >= 0.3 is 0 Å². The van der Waals surface area contributed by atoms with Gasteiger partial charge in [-0.1, -0.05) is 12.8 Å². The number of nitrogens with two attached hydrogens (primary N) is 1. The van der Waals surface area contributed by atoms with E-state index >= 15 is 0 Å². The first-order valence-electron chi connectivity index (χ1n) is 6.08. The van der Waals surface area contributed by atoms with Crippen molar-refractivity contribution >= 4 is 5.91 Å². The van der Waals surface area contributed by atoms with Crippen molar-refractivity contribution in [3.8, 4) is 0 Å². The van der Waals surface area contributed by atoms with Crippen LogP contribution in [0, 0.1) is 5.92 Å². The SMILES string of the molecule is CN(C(=O)C1CCCCC1(C)N)C1CC1. The van der Waals surface area contributed by atoms with Gasteiger partial charge in [0.2, 0.25) is 5.91 Å². The molecule has 1 amide bonds. The van der Waals surface area contributed by atoms with E-state index in [0.29, 0.717) is 6.04 Å². The molecule has 15 heavy (non-hydrogen) atoms. The summed E-state index contributed by atoms with van der Waals surface area (Å²) in [7, 11) is 1.94. The van der Waals surface area contributed by atoms with Gasteiger partial charge < -0.3 is 10.6 Å². The predicted octanol–water partition coefficient (Wildman–Crippen LogP) is 1.51. The standard InChI is InChI=1S/C12H22N2O/c1-12(13)8-4-3-5-10(12)11(15)14(2)9-6-7-9/h9-10H,3-8,13H2,1-2H3. The summed E-state index contributed by atoms with van der Waals surface area (Å²) in [6.07, 6.45) is 6.64. The van der Waals surface area contributed by atoms with E-state index < -0.39 is 0 Å². The maximum absolute atomic E-state index is 12.2. The quantitative estimate of drug-likeness (QED) is 0.751. The molecule has 86 valence electrons. The van der Waals surface area contributed by atoms with Crippen LogP contribution >= 0.6 is 0 Å². The lowest BCUT2D eigenvalue weighted by Gasteiger charge is -2.39. The monoisotopic (exact) mass is 210 g/mol. The van der Waals surface area contributed by atoms with Gasteiger partial charge in [0.1, 0.15) is 0 Å². The van der Waals surface area contributed by atoms with Crippen LogP contribution in [0.15, 0.2) is 0 Å². The number of carbonyl (C=O) groups is 1.